The van der Waals surface area contributed by atoms with Crippen LogP contribution in [0.1, 0.15) is 83.6 Å². The summed E-state index contributed by atoms with van der Waals surface area (Å²) in [6, 6.07) is 8.09. The summed E-state index contributed by atoms with van der Waals surface area (Å²) in [6.07, 6.45) is 20.1. The topological polar surface area (TPSA) is 46.5 Å². The second-order valence-corrected chi connectivity index (χ2v) is 7.97. The number of rotatable bonds is 13. The lowest BCUT2D eigenvalue weighted by molar-refractivity contribution is -0.131. The Hall–Kier alpha value is -2.29. The van der Waals surface area contributed by atoms with E-state index in [2.05, 4.69) is 19.1 Å². The highest BCUT2D eigenvalue weighted by Gasteiger charge is 2.20. The van der Waals surface area contributed by atoms with Gasteiger partial charge < -0.3 is 9.84 Å². The van der Waals surface area contributed by atoms with E-state index in [-0.39, 0.29) is 6.10 Å². The van der Waals surface area contributed by atoms with Gasteiger partial charge in [0.25, 0.3) is 0 Å². The average Bonchev–Trinajstić information content (AvgIpc) is 2.70. The zero-order valence-electron chi connectivity index (χ0n) is 18.0. The maximum Gasteiger partial charge on any atom is 0.328 e. The summed E-state index contributed by atoms with van der Waals surface area (Å²) < 4.78 is 6.27. The van der Waals surface area contributed by atoms with Crippen molar-refractivity contribution in [3.05, 3.63) is 59.2 Å². The van der Waals surface area contributed by atoms with Gasteiger partial charge in [-0.1, -0.05) is 88.6 Å². The molecule has 0 spiro atoms. The van der Waals surface area contributed by atoms with Crippen LogP contribution in [0.25, 0.3) is 6.08 Å². The number of unbranched alkanes of at least 4 members (excludes halogenated alkanes) is 8. The minimum atomic E-state index is -0.919. The molecule has 0 aliphatic carbocycles. The van der Waals surface area contributed by atoms with Crippen LogP contribution in [0.4, 0.5) is 0 Å². The second-order valence-electron chi connectivity index (χ2n) is 7.97. The van der Waals surface area contributed by atoms with Crippen LogP contribution in [0.5, 0.6) is 5.75 Å². The molecular formula is C26H36O3. The lowest BCUT2D eigenvalue weighted by Gasteiger charge is -2.26. The van der Waals surface area contributed by atoms with Gasteiger partial charge in [-0.05, 0) is 43.1 Å². The minimum Gasteiger partial charge on any atom is -0.485 e. The van der Waals surface area contributed by atoms with E-state index in [9.17, 15) is 4.79 Å². The molecule has 1 aromatic rings. The molecule has 1 heterocycles. The van der Waals surface area contributed by atoms with Gasteiger partial charge in [0.1, 0.15) is 11.9 Å². The van der Waals surface area contributed by atoms with Crippen molar-refractivity contribution in [2.24, 2.45) is 0 Å². The fraction of sp³-hybridized carbons (Fsp3) is 0.500. The van der Waals surface area contributed by atoms with Gasteiger partial charge in [-0.15, -0.1) is 0 Å². The van der Waals surface area contributed by atoms with E-state index in [4.69, 9.17) is 9.84 Å². The first-order chi connectivity index (χ1) is 14.1. The van der Waals surface area contributed by atoms with Crippen LogP contribution in [-0.4, -0.2) is 17.2 Å². The van der Waals surface area contributed by atoms with Gasteiger partial charge in [0.15, 0.2) is 0 Å². The van der Waals surface area contributed by atoms with Crippen LogP contribution >= 0.6 is 0 Å². The van der Waals surface area contributed by atoms with Gasteiger partial charge in [-0.25, -0.2) is 4.79 Å². The van der Waals surface area contributed by atoms with E-state index in [0.29, 0.717) is 0 Å². The number of para-hydroxylation sites is 1. The Balaban J connectivity index is 1.88. The quantitative estimate of drug-likeness (QED) is 0.215. The molecule has 3 nitrogen and oxygen atoms in total. The van der Waals surface area contributed by atoms with E-state index < -0.39 is 5.97 Å². The summed E-state index contributed by atoms with van der Waals surface area (Å²) in [5, 5.41) is 8.90. The lowest BCUT2D eigenvalue weighted by Crippen LogP contribution is -2.21. The molecule has 158 valence electrons. The fourth-order valence-corrected chi connectivity index (χ4v) is 3.69. The van der Waals surface area contributed by atoms with Gasteiger partial charge in [0.2, 0.25) is 0 Å². The van der Waals surface area contributed by atoms with Crippen molar-refractivity contribution in [2.75, 3.05) is 0 Å². The van der Waals surface area contributed by atoms with Crippen LogP contribution in [-0.2, 0) is 4.79 Å². The summed E-state index contributed by atoms with van der Waals surface area (Å²) in [5.41, 5.74) is 2.91. The summed E-state index contributed by atoms with van der Waals surface area (Å²) in [5.74, 6) is 0.0148. The molecule has 1 atom stereocenters. The Morgan fingerprint density at radius 3 is 2.38 bits per heavy atom. The molecule has 0 radical (unpaired) electrons. The van der Waals surface area contributed by atoms with Crippen LogP contribution in [0, 0.1) is 0 Å². The average molecular weight is 397 g/mol. The normalized spacial score (nSPS) is 16.4. The number of aliphatic carboxylic acids is 1. The van der Waals surface area contributed by atoms with Crippen molar-refractivity contribution < 1.29 is 14.6 Å². The highest BCUT2D eigenvalue weighted by Crippen LogP contribution is 2.32. The molecule has 29 heavy (non-hydrogen) atoms. The second kappa shape index (κ2) is 13.0. The molecule has 1 aliphatic rings. The van der Waals surface area contributed by atoms with Crippen LogP contribution in [0.3, 0.4) is 0 Å². The number of benzene rings is 1. The van der Waals surface area contributed by atoms with E-state index in [1.165, 1.54) is 57.4 Å². The van der Waals surface area contributed by atoms with E-state index in [1.807, 2.05) is 30.4 Å². The van der Waals surface area contributed by atoms with E-state index in [1.54, 1.807) is 6.92 Å². The maximum absolute atomic E-state index is 10.8. The largest absolute Gasteiger partial charge is 0.485 e. The molecule has 2 rings (SSSR count). The molecule has 3 heteroatoms. The Labute approximate surface area is 176 Å². The smallest absolute Gasteiger partial charge is 0.328 e. The van der Waals surface area contributed by atoms with Gasteiger partial charge in [0, 0.05) is 11.6 Å². The summed E-state index contributed by atoms with van der Waals surface area (Å²) in [4.78, 5) is 10.8. The Kier molecular flexibility index (Phi) is 10.3. The fourth-order valence-electron chi connectivity index (χ4n) is 3.69. The lowest BCUT2D eigenvalue weighted by atomic mass is 9.96. The number of fused-ring (bicyclic) bond motifs is 1. The molecular weight excluding hydrogens is 360 g/mol. The van der Waals surface area contributed by atoms with Gasteiger partial charge in [0.05, 0.1) is 0 Å². The first kappa shape index (κ1) is 23.0. The number of carbonyl (C=O) groups is 1. The number of ether oxygens (including phenoxy) is 1. The first-order valence-electron chi connectivity index (χ1n) is 11.2. The zero-order chi connectivity index (χ0) is 20.9. The molecule has 0 fully saturated rings. The van der Waals surface area contributed by atoms with Gasteiger partial charge in [-0.2, -0.15) is 0 Å². The molecule has 0 amide bonds. The standard InChI is InChI=1S/C26H36O3/c1-3-4-5-6-7-8-9-10-11-15-25-23(18-17-21(2)19-26(27)28)20-22-14-12-13-16-24(22)29-25/h12-14,16-20,25H,3-11,15H2,1-2H3,(H,27,28). The SMILES string of the molecule is CCCCCCCCCCCC1Oc2ccccc2C=C1C=CC(C)=CC(=O)O. The highest BCUT2D eigenvalue weighted by molar-refractivity contribution is 5.81. The van der Waals surface area contributed by atoms with Crippen molar-refractivity contribution in [1.82, 2.24) is 0 Å². The van der Waals surface area contributed by atoms with E-state index in [0.717, 1.165) is 35.3 Å². The van der Waals surface area contributed by atoms with Crippen LogP contribution in [0.15, 0.2) is 53.6 Å². The predicted molar refractivity (Wildman–Crippen MR) is 121 cm³/mol. The molecule has 1 unspecified atom stereocenters. The molecule has 1 aliphatic heterocycles. The molecule has 1 N–H and O–H groups in total. The zero-order valence-corrected chi connectivity index (χ0v) is 18.0. The first-order valence-corrected chi connectivity index (χ1v) is 11.2. The van der Waals surface area contributed by atoms with Crippen molar-refractivity contribution in [2.45, 2.75) is 84.2 Å². The van der Waals surface area contributed by atoms with Crippen molar-refractivity contribution >= 4 is 12.0 Å². The number of allylic oxidation sites excluding steroid dienone is 2. The van der Waals surface area contributed by atoms with E-state index >= 15 is 0 Å². The summed E-state index contributed by atoms with van der Waals surface area (Å²) >= 11 is 0. The third kappa shape index (κ3) is 8.72. The molecule has 0 bridgehead atoms. The maximum atomic E-state index is 10.8. The number of hydrogen-bond acceptors (Lipinski definition) is 2. The number of hydrogen-bond donors (Lipinski definition) is 1. The Morgan fingerprint density at radius 1 is 1.03 bits per heavy atom. The van der Waals surface area contributed by atoms with Gasteiger partial charge >= 0.3 is 5.97 Å². The highest BCUT2D eigenvalue weighted by atomic mass is 16.5. The van der Waals surface area contributed by atoms with Crippen LogP contribution in [0.2, 0.25) is 0 Å². The van der Waals surface area contributed by atoms with Crippen molar-refractivity contribution in [3.8, 4) is 5.75 Å². The third-order valence-electron chi connectivity index (χ3n) is 5.34. The van der Waals surface area contributed by atoms with Crippen LogP contribution < -0.4 is 4.74 Å². The third-order valence-corrected chi connectivity index (χ3v) is 5.34. The van der Waals surface area contributed by atoms with Crippen molar-refractivity contribution in [1.29, 1.82) is 0 Å². The molecule has 0 saturated carbocycles. The Bertz CT molecular complexity index is 727. The Morgan fingerprint density at radius 2 is 1.69 bits per heavy atom. The summed E-state index contributed by atoms with van der Waals surface area (Å²) in [7, 11) is 0. The number of carboxylic acids is 1. The minimum absolute atomic E-state index is 0.0309. The number of carboxylic acid groups (broad SMARTS) is 1. The molecule has 0 aromatic heterocycles. The predicted octanol–water partition coefficient (Wildman–Crippen LogP) is 7.34. The van der Waals surface area contributed by atoms with Crippen molar-refractivity contribution in [3.63, 3.8) is 0 Å². The molecule has 1 aromatic carbocycles. The molecule has 0 saturated heterocycles. The monoisotopic (exact) mass is 396 g/mol. The van der Waals surface area contributed by atoms with Gasteiger partial charge in [-0.3, -0.25) is 0 Å². The summed E-state index contributed by atoms with van der Waals surface area (Å²) in [6.45, 7) is 4.06.